The molecule has 0 amide bonds. The van der Waals surface area contributed by atoms with Gasteiger partial charge in [0.1, 0.15) is 11.5 Å². The molecule has 0 radical (unpaired) electrons. The second kappa shape index (κ2) is 6.72. The molecule has 4 heteroatoms. The van der Waals surface area contributed by atoms with Crippen LogP contribution in [0.4, 0.5) is 0 Å². The molecule has 0 saturated carbocycles. The molecule has 3 nitrogen and oxygen atoms in total. The van der Waals surface area contributed by atoms with Crippen molar-refractivity contribution >= 4 is 11.6 Å². The second-order valence-corrected chi connectivity index (χ2v) is 4.34. The molecule has 1 aromatic carbocycles. The first-order chi connectivity index (χ1) is 8.13. The van der Waals surface area contributed by atoms with Crippen molar-refractivity contribution in [2.24, 2.45) is 5.73 Å². The fraction of sp³-hybridized carbons (Fsp3) is 0.538. The predicted molar refractivity (Wildman–Crippen MR) is 71.3 cm³/mol. The molecule has 0 fully saturated rings. The highest BCUT2D eigenvalue weighted by molar-refractivity contribution is 6.32. The fourth-order valence-electron chi connectivity index (χ4n) is 1.78. The lowest BCUT2D eigenvalue weighted by Crippen LogP contribution is -2.07. The SMILES string of the molecule is CCOc1cc(OC)c(Cl)cc1C(C)CCN. The van der Waals surface area contributed by atoms with Crippen molar-refractivity contribution in [3.05, 3.63) is 22.7 Å². The Morgan fingerprint density at radius 1 is 1.35 bits per heavy atom. The predicted octanol–water partition coefficient (Wildman–Crippen LogP) is 3.20. The van der Waals surface area contributed by atoms with E-state index < -0.39 is 0 Å². The van der Waals surface area contributed by atoms with Crippen LogP contribution in [0, 0.1) is 0 Å². The number of hydrogen-bond acceptors (Lipinski definition) is 3. The van der Waals surface area contributed by atoms with Gasteiger partial charge in [0.25, 0.3) is 0 Å². The molecular weight excluding hydrogens is 238 g/mol. The summed E-state index contributed by atoms with van der Waals surface area (Å²) in [5.74, 6) is 1.79. The number of nitrogens with two attached hydrogens (primary N) is 1. The van der Waals surface area contributed by atoms with Crippen molar-refractivity contribution in [3.8, 4) is 11.5 Å². The first kappa shape index (κ1) is 14.1. The van der Waals surface area contributed by atoms with Crippen LogP contribution in [0.3, 0.4) is 0 Å². The van der Waals surface area contributed by atoms with Crippen LogP contribution in [0.25, 0.3) is 0 Å². The van der Waals surface area contributed by atoms with Crippen LogP contribution in [0.2, 0.25) is 5.02 Å². The van der Waals surface area contributed by atoms with Crippen LogP contribution in [-0.4, -0.2) is 20.3 Å². The molecule has 0 aliphatic heterocycles. The molecule has 0 aromatic heterocycles. The highest BCUT2D eigenvalue weighted by Gasteiger charge is 2.15. The molecule has 17 heavy (non-hydrogen) atoms. The number of methoxy groups -OCH3 is 1. The van der Waals surface area contributed by atoms with E-state index in [4.69, 9.17) is 26.8 Å². The van der Waals surface area contributed by atoms with Crippen LogP contribution in [0.1, 0.15) is 31.7 Å². The normalized spacial score (nSPS) is 12.3. The molecule has 1 aromatic rings. The topological polar surface area (TPSA) is 44.5 Å². The van der Waals surface area contributed by atoms with Crippen LogP contribution in [-0.2, 0) is 0 Å². The first-order valence-corrected chi connectivity index (χ1v) is 6.22. The highest BCUT2D eigenvalue weighted by Crippen LogP contribution is 2.37. The average molecular weight is 258 g/mol. The Morgan fingerprint density at radius 2 is 2.06 bits per heavy atom. The zero-order valence-electron chi connectivity index (χ0n) is 10.6. The maximum absolute atomic E-state index is 6.13. The van der Waals surface area contributed by atoms with E-state index in [0.29, 0.717) is 29.8 Å². The van der Waals surface area contributed by atoms with E-state index in [1.165, 1.54) is 0 Å². The second-order valence-electron chi connectivity index (χ2n) is 3.94. The summed E-state index contributed by atoms with van der Waals surface area (Å²) in [6, 6.07) is 3.75. The lowest BCUT2D eigenvalue weighted by Gasteiger charge is -2.18. The third-order valence-corrected chi connectivity index (χ3v) is 3.01. The molecular formula is C13H20ClNO2. The Balaban J connectivity index is 3.12. The number of hydrogen-bond donors (Lipinski definition) is 1. The van der Waals surface area contributed by atoms with E-state index in [9.17, 15) is 0 Å². The summed E-state index contributed by atoms with van der Waals surface area (Å²) in [6.07, 6.45) is 0.905. The van der Waals surface area contributed by atoms with Gasteiger partial charge in [0.2, 0.25) is 0 Å². The largest absolute Gasteiger partial charge is 0.495 e. The third kappa shape index (κ3) is 3.51. The van der Waals surface area contributed by atoms with Gasteiger partial charge in [0, 0.05) is 6.07 Å². The van der Waals surface area contributed by atoms with Gasteiger partial charge in [-0.2, -0.15) is 0 Å². The molecule has 2 N–H and O–H groups in total. The van der Waals surface area contributed by atoms with Crippen molar-refractivity contribution in [3.63, 3.8) is 0 Å². The van der Waals surface area contributed by atoms with E-state index in [2.05, 4.69) is 6.92 Å². The molecule has 1 rings (SSSR count). The number of rotatable bonds is 6. The van der Waals surface area contributed by atoms with Gasteiger partial charge in [0.15, 0.2) is 0 Å². The monoisotopic (exact) mass is 257 g/mol. The van der Waals surface area contributed by atoms with E-state index in [1.54, 1.807) is 7.11 Å². The maximum Gasteiger partial charge on any atom is 0.141 e. The molecule has 0 aliphatic rings. The highest BCUT2D eigenvalue weighted by atomic mass is 35.5. The van der Waals surface area contributed by atoms with Gasteiger partial charge in [0.05, 0.1) is 18.7 Å². The van der Waals surface area contributed by atoms with Crippen molar-refractivity contribution in [1.29, 1.82) is 0 Å². The summed E-state index contributed by atoms with van der Waals surface area (Å²) in [7, 11) is 1.60. The number of ether oxygens (including phenoxy) is 2. The van der Waals surface area contributed by atoms with Crippen molar-refractivity contribution in [2.75, 3.05) is 20.3 Å². The molecule has 1 unspecified atom stereocenters. The van der Waals surface area contributed by atoms with Gasteiger partial charge < -0.3 is 15.2 Å². The molecule has 0 bridgehead atoms. The number of benzene rings is 1. The fourth-order valence-corrected chi connectivity index (χ4v) is 2.03. The van der Waals surface area contributed by atoms with Gasteiger partial charge >= 0.3 is 0 Å². The summed E-state index contributed by atoms with van der Waals surface area (Å²) in [5, 5.41) is 0.606. The summed E-state index contributed by atoms with van der Waals surface area (Å²) >= 11 is 6.13. The van der Waals surface area contributed by atoms with Gasteiger partial charge in [-0.15, -0.1) is 0 Å². The van der Waals surface area contributed by atoms with E-state index in [0.717, 1.165) is 17.7 Å². The quantitative estimate of drug-likeness (QED) is 0.851. The van der Waals surface area contributed by atoms with Gasteiger partial charge in [-0.3, -0.25) is 0 Å². The van der Waals surface area contributed by atoms with Crippen LogP contribution >= 0.6 is 11.6 Å². The molecule has 96 valence electrons. The van der Waals surface area contributed by atoms with Crippen molar-refractivity contribution in [1.82, 2.24) is 0 Å². The molecule has 1 atom stereocenters. The Hall–Kier alpha value is -0.930. The Kier molecular flexibility index (Phi) is 5.59. The van der Waals surface area contributed by atoms with Crippen LogP contribution in [0.15, 0.2) is 12.1 Å². The Bertz CT molecular complexity index is 369. The standard InChI is InChI=1S/C13H20ClNO2/c1-4-17-12-8-13(16-3)11(14)7-10(12)9(2)5-6-15/h7-9H,4-6,15H2,1-3H3. The summed E-state index contributed by atoms with van der Waals surface area (Å²) in [5.41, 5.74) is 6.67. The minimum Gasteiger partial charge on any atom is -0.495 e. The van der Waals surface area contributed by atoms with Gasteiger partial charge in [-0.05, 0) is 37.4 Å². The maximum atomic E-state index is 6.13. The van der Waals surface area contributed by atoms with Crippen molar-refractivity contribution in [2.45, 2.75) is 26.2 Å². The Morgan fingerprint density at radius 3 is 2.59 bits per heavy atom. The molecule has 0 heterocycles. The Labute approximate surface area is 108 Å². The lowest BCUT2D eigenvalue weighted by molar-refractivity contribution is 0.330. The minimum absolute atomic E-state index is 0.324. The van der Waals surface area contributed by atoms with Crippen molar-refractivity contribution < 1.29 is 9.47 Å². The average Bonchev–Trinajstić information content (AvgIpc) is 2.31. The zero-order chi connectivity index (χ0) is 12.8. The zero-order valence-corrected chi connectivity index (χ0v) is 11.4. The molecule has 0 spiro atoms. The third-order valence-electron chi connectivity index (χ3n) is 2.71. The first-order valence-electron chi connectivity index (χ1n) is 5.84. The summed E-state index contributed by atoms with van der Waals surface area (Å²) < 4.78 is 10.8. The lowest BCUT2D eigenvalue weighted by atomic mass is 9.96. The van der Waals surface area contributed by atoms with E-state index in [-0.39, 0.29) is 0 Å². The van der Waals surface area contributed by atoms with Gasteiger partial charge in [-0.25, -0.2) is 0 Å². The molecule has 0 saturated heterocycles. The summed E-state index contributed by atoms with van der Waals surface area (Å²) in [4.78, 5) is 0. The number of halogens is 1. The minimum atomic E-state index is 0.324. The van der Waals surface area contributed by atoms with Gasteiger partial charge in [-0.1, -0.05) is 18.5 Å². The van der Waals surface area contributed by atoms with E-state index >= 15 is 0 Å². The molecule has 0 aliphatic carbocycles. The van der Waals surface area contributed by atoms with E-state index in [1.807, 2.05) is 19.1 Å². The van der Waals surface area contributed by atoms with Crippen LogP contribution < -0.4 is 15.2 Å². The summed E-state index contributed by atoms with van der Waals surface area (Å²) in [6.45, 7) is 5.34. The van der Waals surface area contributed by atoms with Crippen LogP contribution in [0.5, 0.6) is 11.5 Å². The smallest absolute Gasteiger partial charge is 0.141 e.